The number of benzene rings is 1. The Kier molecular flexibility index (Phi) is 5.71. The van der Waals surface area contributed by atoms with Crippen LogP contribution < -0.4 is 10.1 Å². The minimum absolute atomic E-state index is 0.150. The van der Waals surface area contributed by atoms with Crippen molar-refractivity contribution >= 4 is 35.0 Å². The van der Waals surface area contributed by atoms with Crippen LogP contribution in [-0.4, -0.2) is 43.3 Å². The maximum absolute atomic E-state index is 12.2. The summed E-state index contributed by atoms with van der Waals surface area (Å²) in [5.41, 5.74) is 2.36. The molecular weight excluding hydrogens is 388 g/mol. The third-order valence-corrected chi connectivity index (χ3v) is 5.28. The van der Waals surface area contributed by atoms with E-state index in [4.69, 9.17) is 16.3 Å². The molecule has 1 N–H and O–H groups in total. The number of carbonyl (C=O) groups excluding carboxylic acids is 1. The fourth-order valence-corrected chi connectivity index (χ4v) is 3.34. The van der Waals surface area contributed by atoms with Crippen LogP contribution in [0.2, 0.25) is 5.02 Å². The second-order valence-corrected chi connectivity index (χ2v) is 7.24. The molecule has 0 atom stereocenters. The molecule has 0 unspecified atom stereocenters. The third-order valence-electron chi connectivity index (χ3n) is 3.85. The number of aryl methyl sites for hydroxylation is 2. The van der Waals surface area contributed by atoms with Gasteiger partial charge >= 0.3 is 0 Å². The molecule has 10 heteroatoms. The topological polar surface area (TPSA) is 86.9 Å². The lowest BCUT2D eigenvalue weighted by atomic mass is 10.2. The molecule has 0 aliphatic heterocycles. The Balaban J connectivity index is 1.67. The van der Waals surface area contributed by atoms with Crippen molar-refractivity contribution in [2.75, 3.05) is 18.2 Å². The van der Waals surface area contributed by atoms with Crippen LogP contribution in [0.1, 0.15) is 5.56 Å². The molecular formula is C17H19ClN6O2S. The quantitative estimate of drug-likeness (QED) is 0.633. The molecule has 27 heavy (non-hydrogen) atoms. The molecule has 0 saturated carbocycles. The number of hydrogen-bond donors (Lipinski definition) is 1. The van der Waals surface area contributed by atoms with Gasteiger partial charge in [0.15, 0.2) is 11.0 Å². The number of halogens is 1. The highest BCUT2D eigenvalue weighted by Crippen LogP contribution is 2.29. The Hall–Kier alpha value is -2.52. The number of methoxy groups -OCH3 is 1. The number of amides is 1. The van der Waals surface area contributed by atoms with Crippen LogP contribution in [0.3, 0.4) is 0 Å². The molecule has 0 aliphatic carbocycles. The summed E-state index contributed by atoms with van der Waals surface area (Å²) in [7, 11) is 5.20. The highest BCUT2D eigenvalue weighted by atomic mass is 35.5. The molecule has 142 valence electrons. The summed E-state index contributed by atoms with van der Waals surface area (Å²) in [6.07, 6.45) is 1.81. The fraction of sp³-hybridized carbons (Fsp3) is 0.294. The van der Waals surface area contributed by atoms with Crippen molar-refractivity contribution in [3.63, 3.8) is 0 Å². The lowest BCUT2D eigenvalue weighted by Gasteiger charge is -2.07. The maximum atomic E-state index is 12.2. The highest BCUT2D eigenvalue weighted by Gasteiger charge is 2.19. The van der Waals surface area contributed by atoms with Crippen molar-refractivity contribution in [1.82, 2.24) is 24.5 Å². The number of carbonyl (C=O) groups is 1. The lowest BCUT2D eigenvalue weighted by Crippen LogP contribution is -2.14. The molecule has 0 saturated heterocycles. The second-order valence-electron chi connectivity index (χ2n) is 5.89. The van der Waals surface area contributed by atoms with Crippen molar-refractivity contribution in [3.8, 4) is 17.3 Å². The molecule has 1 aromatic carbocycles. The molecule has 3 aromatic rings. The van der Waals surface area contributed by atoms with Gasteiger partial charge in [0.25, 0.3) is 0 Å². The normalized spacial score (nSPS) is 10.9. The van der Waals surface area contributed by atoms with Gasteiger partial charge in [-0.15, -0.1) is 15.3 Å². The molecule has 0 fully saturated rings. The molecule has 0 aliphatic rings. The first-order chi connectivity index (χ1) is 12.9. The largest absolute Gasteiger partial charge is 0.479 e. The number of anilines is 1. The summed E-state index contributed by atoms with van der Waals surface area (Å²) in [5.74, 6) is 1.14. The predicted octanol–water partition coefficient (Wildman–Crippen LogP) is 2.92. The molecule has 1 amide bonds. The van der Waals surface area contributed by atoms with E-state index in [1.165, 1.54) is 11.8 Å². The Labute approximate surface area is 165 Å². The van der Waals surface area contributed by atoms with Crippen LogP contribution >= 0.6 is 23.4 Å². The van der Waals surface area contributed by atoms with Crippen LogP contribution in [0.5, 0.6) is 5.88 Å². The van der Waals surface area contributed by atoms with Crippen LogP contribution in [0, 0.1) is 6.92 Å². The van der Waals surface area contributed by atoms with Crippen molar-refractivity contribution in [3.05, 3.63) is 35.0 Å². The second kappa shape index (κ2) is 8.01. The summed E-state index contributed by atoms with van der Waals surface area (Å²) in [6.45, 7) is 1.91. The van der Waals surface area contributed by atoms with E-state index in [0.717, 1.165) is 11.1 Å². The average molecular weight is 407 g/mol. The summed E-state index contributed by atoms with van der Waals surface area (Å²) in [4.78, 5) is 12.2. The number of aromatic nitrogens is 5. The Morgan fingerprint density at radius 2 is 2.11 bits per heavy atom. The Morgan fingerprint density at radius 1 is 1.33 bits per heavy atom. The van der Waals surface area contributed by atoms with Gasteiger partial charge < -0.3 is 14.6 Å². The predicted molar refractivity (Wildman–Crippen MR) is 105 cm³/mol. The standard InChI is InChI=1S/C17H19ClN6O2S/c1-10-5-6-11(7-13(10)18)19-14(25)9-27-17-21-20-15(24(17)3)12-8-23(2)22-16(12)26-4/h5-8H,9H2,1-4H3,(H,19,25). The summed E-state index contributed by atoms with van der Waals surface area (Å²) in [6, 6.07) is 5.41. The van der Waals surface area contributed by atoms with Gasteiger partial charge in [-0.05, 0) is 24.6 Å². The van der Waals surface area contributed by atoms with E-state index in [1.807, 2.05) is 32.3 Å². The molecule has 0 radical (unpaired) electrons. The zero-order valence-electron chi connectivity index (χ0n) is 15.4. The average Bonchev–Trinajstić information content (AvgIpc) is 3.18. The first kappa shape index (κ1) is 19.2. The number of hydrogen-bond acceptors (Lipinski definition) is 6. The van der Waals surface area contributed by atoms with Crippen LogP contribution in [-0.2, 0) is 18.9 Å². The van der Waals surface area contributed by atoms with Crippen LogP contribution in [0.25, 0.3) is 11.4 Å². The van der Waals surface area contributed by atoms with Crippen molar-refractivity contribution in [1.29, 1.82) is 0 Å². The molecule has 8 nitrogen and oxygen atoms in total. The fourth-order valence-electron chi connectivity index (χ4n) is 2.45. The third kappa shape index (κ3) is 4.25. The Bertz CT molecular complexity index is 984. The molecule has 0 spiro atoms. The van der Waals surface area contributed by atoms with Crippen LogP contribution in [0.15, 0.2) is 29.6 Å². The number of nitrogens with zero attached hydrogens (tertiary/aromatic N) is 5. The smallest absolute Gasteiger partial charge is 0.243 e. The van der Waals surface area contributed by atoms with Gasteiger partial charge in [0.2, 0.25) is 11.8 Å². The van der Waals surface area contributed by atoms with Gasteiger partial charge in [0, 0.05) is 31.0 Å². The van der Waals surface area contributed by atoms with E-state index in [9.17, 15) is 4.79 Å². The van der Waals surface area contributed by atoms with Crippen molar-refractivity contribution in [2.45, 2.75) is 12.1 Å². The van der Waals surface area contributed by atoms with E-state index in [0.29, 0.717) is 27.6 Å². The zero-order valence-corrected chi connectivity index (χ0v) is 16.9. The summed E-state index contributed by atoms with van der Waals surface area (Å²) >= 11 is 7.38. The van der Waals surface area contributed by atoms with E-state index in [1.54, 1.807) is 29.5 Å². The van der Waals surface area contributed by atoms with Gasteiger partial charge in [0.05, 0.1) is 12.9 Å². The lowest BCUT2D eigenvalue weighted by molar-refractivity contribution is -0.113. The van der Waals surface area contributed by atoms with E-state index >= 15 is 0 Å². The Morgan fingerprint density at radius 3 is 2.81 bits per heavy atom. The number of thioether (sulfide) groups is 1. The summed E-state index contributed by atoms with van der Waals surface area (Å²) < 4.78 is 8.73. The van der Waals surface area contributed by atoms with Gasteiger partial charge in [-0.25, -0.2) is 0 Å². The number of nitrogens with one attached hydrogen (secondary N) is 1. The molecule has 2 heterocycles. The van der Waals surface area contributed by atoms with Gasteiger partial charge in [-0.3, -0.25) is 9.48 Å². The van der Waals surface area contributed by atoms with Gasteiger partial charge in [-0.2, -0.15) is 0 Å². The molecule has 2 aromatic heterocycles. The zero-order chi connectivity index (χ0) is 19.6. The SMILES string of the molecule is COc1nn(C)cc1-c1nnc(SCC(=O)Nc2ccc(C)c(Cl)c2)n1C. The summed E-state index contributed by atoms with van der Waals surface area (Å²) in [5, 5.41) is 16.6. The highest BCUT2D eigenvalue weighted by molar-refractivity contribution is 7.99. The van der Waals surface area contributed by atoms with E-state index in [2.05, 4.69) is 20.6 Å². The molecule has 3 rings (SSSR count). The van der Waals surface area contributed by atoms with E-state index < -0.39 is 0 Å². The first-order valence-corrected chi connectivity index (χ1v) is 9.41. The molecule has 0 bridgehead atoms. The first-order valence-electron chi connectivity index (χ1n) is 8.05. The van der Waals surface area contributed by atoms with E-state index in [-0.39, 0.29) is 11.7 Å². The van der Waals surface area contributed by atoms with Gasteiger partial charge in [0.1, 0.15) is 5.56 Å². The number of rotatable bonds is 6. The number of ether oxygens (including phenoxy) is 1. The maximum Gasteiger partial charge on any atom is 0.243 e. The van der Waals surface area contributed by atoms with Crippen molar-refractivity contribution in [2.24, 2.45) is 14.1 Å². The minimum Gasteiger partial charge on any atom is -0.479 e. The van der Waals surface area contributed by atoms with Crippen molar-refractivity contribution < 1.29 is 9.53 Å². The van der Waals surface area contributed by atoms with Gasteiger partial charge in [-0.1, -0.05) is 29.4 Å². The minimum atomic E-state index is -0.150. The van der Waals surface area contributed by atoms with Crippen LogP contribution in [0.4, 0.5) is 5.69 Å². The monoisotopic (exact) mass is 406 g/mol.